The van der Waals surface area contributed by atoms with Gasteiger partial charge in [-0.25, -0.2) is 4.68 Å². The number of nitrogens with zero attached hydrogens (tertiary/aromatic N) is 2. The molecule has 3 aromatic rings. The molecule has 1 atom stereocenters. The highest BCUT2D eigenvalue weighted by atomic mass is 16.2. The Kier molecular flexibility index (Phi) is 5.40. The van der Waals surface area contributed by atoms with Crippen LogP contribution in [0.1, 0.15) is 23.7 Å². The number of anilines is 2. The van der Waals surface area contributed by atoms with E-state index in [-0.39, 0.29) is 11.5 Å². The van der Waals surface area contributed by atoms with E-state index >= 15 is 0 Å². The minimum absolute atomic E-state index is 0.183. The van der Waals surface area contributed by atoms with E-state index in [0.29, 0.717) is 5.69 Å². The Bertz CT molecular complexity index is 1060. The van der Waals surface area contributed by atoms with Gasteiger partial charge in [0.05, 0.1) is 11.4 Å². The molecule has 0 saturated carbocycles. The summed E-state index contributed by atoms with van der Waals surface area (Å²) in [6.07, 6.45) is 0. The largest absolute Gasteiger partial charge is 0.368 e. The lowest BCUT2D eigenvalue weighted by Crippen LogP contribution is -2.34. The van der Waals surface area contributed by atoms with Crippen LogP contribution in [0.3, 0.4) is 0 Å². The van der Waals surface area contributed by atoms with Gasteiger partial charge < -0.3 is 10.6 Å². The van der Waals surface area contributed by atoms with Gasteiger partial charge in [-0.3, -0.25) is 14.3 Å². The molecule has 0 fully saturated rings. The van der Waals surface area contributed by atoms with E-state index in [2.05, 4.69) is 10.6 Å². The Labute approximate surface area is 164 Å². The van der Waals surface area contributed by atoms with Crippen LogP contribution in [0.25, 0.3) is 5.69 Å². The van der Waals surface area contributed by atoms with Crippen LogP contribution >= 0.6 is 0 Å². The van der Waals surface area contributed by atoms with Crippen LogP contribution in [0.15, 0.2) is 53.3 Å². The van der Waals surface area contributed by atoms with Crippen molar-refractivity contribution in [2.24, 2.45) is 7.05 Å². The topological polar surface area (TPSA) is 68.1 Å². The highest BCUT2D eigenvalue weighted by Gasteiger charge is 2.21. The maximum Gasteiger partial charge on any atom is 0.295 e. The molecule has 28 heavy (non-hydrogen) atoms. The highest BCUT2D eigenvalue weighted by Crippen LogP contribution is 2.18. The molecule has 0 aliphatic carbocycles. The molecule has 6 nitrogen and oxygen atoms in total. The van der Waals surface area contributed by atoms with Gasteiger partial charge in [-0.05, 0) is 57.0 Å². The molecule has 0 spiro atoms. The third-order valence-electron chi connectivity index (χ3n) is 4.96. The second kappa shape index (κ2) is 7.76. The smallest absolute Gasteiger partial charge is 0.295 e. The number of amides is 1. The zero-order valence-electron chi connectivity index (χ0n) is 16.9. The number of nitrogens with one attached hydrogen (secondary N) is 2. The molecular formula is C22H26N4O2. The molecule has 0 aliphatic heterocycles. The van der Waals surface area contributed by atoms with Crippen LogP contribution in [-0.2, 0) is 11.8 Å². The molecular weight excluding hydrogens is 352 g/mol. The van der Waals surface area contributed by atoms with E-state index in [1.54, 1.807) is 16.3 Å². The second-order valence-corrected chi connectivity index (χ2v) is 7.11. The summed E-state index contributed by atoms with van der Waals surface area (Å²) in [6.45, 7) is 7.54. The average Bonchev–Trinajstić information content (AvgIpc) is 2.88. The Hall–Kier alpha value is -3.28. The minimum Gasteiger partial charge on any atom is -0.368 e. The van der Waals surface area contributed by atoms with E-state index in [1.807, 2.05) is 76.3 Å². The van der Waals surface area contributed by atoms with Crippen LogP contribution in [0.2, 0.25) is 0 Å². The van der Waals surface area contributed by atoms with Gasteiger partial charge in [-0.15, -0.1) is 0 Å². The quantitative estimate of drug-likeness (QED) is 0.714. The SMILES string of the molecule is Cc1ccc(C)c(NC(=O)C(C)Nc2c(C)n(C)n(-c3ccccc3)c2=O)c1. The van der Waals surface area contributed by atoms with Gasteiger partial charge in [0.1, 0.15) is 11.7 Å². The van der Waals surface area contributed by atoms with Crippen molar-refractivity contribution in [1.82, 2.24) is 9.36 Å². The van der Waals surface area contributed by atoms with E-state index in [0.717, 1.165) is 28.2 Å². The summed E-state index contributed by atoms with van der Waals surface area (Å²) in [4.78, 5) is 25.6. The van der Waals surface area contributed by atoms with Gasteiger partial charge >= 0.3 is 0 Å². The third kappa shape index (κ3) is 3.71. The first-order valence-corrected chi connectivity index (χ1v) is 9.28. The Morgan fingerprint density at radius 3 is 2.39 bits per heavy atom. The first kappa shape index (κ1) is 19.5. The van der Waals surface area contributed by atoms with Crippen LogP contribution in [-0.4, -0.2) is 21.3 Å². The maximum absolute atomic E-state index is 13.0. The number of rotatable bonds is 5. The zero-order valence-corrected chi connectivity index (χ0v) is 16.9. The second-order valence-electron chi connectivity index (χ2n) is 7.11. The molecule has 1 unspecified atom stereocenters. The first-order valence-electron chi connectivity index (χ1n) is 9.28. The number of aryl methyl sites for hydroxylation is 2. The summed E-state index contributed by atoms with van der Waals surface area (Å²) < 4.78 is 3.38. The number of benzene rings is 2. The van der Waals surface area contributed by atoms with Gasteiger partial charge in [-0.1, -0.05) is 30.3 Å². The fraction of sp³-hybridized carbons (Fsp3) is 0.273. The minimum atomic E-state index is -0.571. The average molecular weight is 378 g/mol. The predicted molar refractivity (Wildman–Crippen MR) is 113 cm³/mol. The molecule has 0 aliphatic rings. The van der Waals surface area contributed by atoms with Crippen molar-refractivity contribution in [1.29, 1.82) is 0 Å². The Morgan fingerprint density at radius 1 is 1.04 bits per heavy atom. The predicted octanol–water partition coefficient (Wildman–Crippen LogP) is 3.54. The number of aromatic nitrogens is 2. The van der Waals surface area contributed by atoms with Crippen LogP contribution in [0.4, 0.5) is 11.4 Å². The fourth-order valence-corrected chi connectivity index (χ4v) is 3.13. The summed E-state index contributed by atoms with van der Waals surface area (Å²) in [5.41, 5.74) is 4.64. The van der Waals surface area contributed by atoms with Gasteiger partial charge in [0.25, 0.3) is 5.56 Å². The Balaban J connectivity index is 1.84. The molecule has 2 N–H and O–H groups in total. The highest BCUT2D eigenvalue weighted by molar-refractivity contribution is 5.97. The molecule has 1 heterocycles. The normalized spacial score (nSPS) is 11.9. The fourth-order valence-electron chi connectivity index (χ4n) is 3.13. The van der Waals surface area contributed by atoms with E-state index in [9.17, 15) is 9.59 Å². The number of hydrogen-bond acceptors (Lipinski definition) is 3. The summed E-state index contributed by atoms with van der Waals surface area (Å²) in [5.74, 6) is -0.192. The van der Waals surface area contributed by atoms with E-state index < -0.39 is 6.04 Å². The molecule has 3 rings (SSSR count). The Morgan fingerprint density at radius 2 is 1.71 bits per heavy atom. The van der Waals surface area contributed by atoms with Gasteiger partial charge in [-0.2, -0.15) is 0 Å². The standard InChI is InChI=1S/C22H26N4O2/c1-14-11-12-15(2)19(13-14)24-21(27)16(3)23-20-17(4)25(5)26(22(20)28)18-9-7-6-8-10-18/h6-13,16,23H,1-5H3,(H,24,27). The molecule has 146 valence electrons. The van der Waals surface area contributed by atoms with Crippen molar-refractivity contribution in [3.63, 3.8) is 0 Å². The number of carbonyl (C=O) groups is 1. The summed E-state index contributed by atoms with van der Waals surface area (Å²) in [6, 6.07) is 14.8. The molecule has 0 saturated heterocycles. The molecule has 1 aromatic heterocycles. The lowest BCUT2D eigenvalue weighted by Gasteiger charge is -2.16. The van der Waals surface area contributed by atoms with Crippen LogP contribution in [0.5, 0.6) is 0 Å². The van der Waals surface area contributed by atoms with Crippen molar-refractivity contribution in [3.05, 3.63) is 75.7 Å². The summed E-state index contributed by atoms with van der Waals surface area (Å²) >= 11 is 0. The van der Waals surface area contributed by atoms with Crippen molar-refractivity contribution in [2.75, 3.05) is 10.6 Å². The number of carbonyl (C=O) groups excluding carboxylic acids is 1. The third-order valence-corrected chi connectivity index (χ3v) is 4.96. The van der Waals surface area contributed by atoms with Crippen LogP contribution < -0.4 is 16.2 Å². The molecule has 0 radical (unpaired) electrons. The summed E-state index contributed by atoms with van der Waals surface area (Å²) in [5, 5.41) is 6.04. The van der Waals surface area contributed by atoms with Crippen molar-refractivity contribution >= 4 is 17.3 Å². The zero-order chi connectivity index (χ0) is 20.4. The van der Waals surface area contributed by atoms with Crippen molar-refractivity contribution in [2.45, 2.75) is 33.7 Å². The van der Waals surface area contributed by atoms with Crippen LogP contribution in [0, 0.1) is 20.8 Å². The molecule has 6 heteroatoms. The number of hydrogen-bond donors (Lipinski definition) is 2. The molecule has 1 amide bonds. The van der Waals surface area contributed by atoms with E-state index in [1.165, 1.54) is 0 Å². The lowest BCUT2D eigenvalue weighted by molar-refractivity contribution is -0.116. The molecule has 2 aromatic carbocycles. The summed E-state index contributed by atoms with van der Waals surface area (Å²) in [7, 11) is 1.83. The number of para-hydroxylation sites is 1. The van der Waals surface area contributed by atoms with E-state index in [4.69, 9.17) is 0 Å². The van der Waals surface area contributed by atoms with Crippen molar-refractivity contribution in [3.8, 4) is 5.69 Å². The monoisotopic (exact) mass is 378 g/mol. The lowest BCUT2D eigenvalue weighted by atomic mass is 10.1. The van der Waals surface area contributed by atoms with Gasteiger partial charge in [0, 0.05) is 12.7 Å². The van der Waals surface area contributed by atoms with Gasteiger partial charge in [0.15, 0.2) is 0 Å². The first-order chi connectivity index (χ1) is 13.3. The van der Waals surface area contributed by atoms with Gasteiger partial charge in [0.2, 0.25) is 5.91 Å². The molecule has 0 bridgehead atoms. The maximum atomic E-state index is 13.0. The van der Waals surface area contributed by atoms with Crippen molar-refractivity contribution < 1.29 is 4.79 Å².